The molecule has 2 aromatic rings. The summed E-state index contributed by atoms with van der Waals surface area (Å²) in [5.74, 6) is 0.0181. The molecule has 1 atom stereocenters. The maximum atomic E-state index is 13.3. The molecule has 0 radical (unpaired) electrons. The zero-order valence-electron chi connectivity index (χ0n) is 15.4. The fraction of sp³-hybridized carbons (Fsp3) is 0.429. The highest BCUT2D eigenvalue weighted by Gasteiger charge is 2.37. The minimum atomic E-state index is -0.302. The summed E-state index contributed by atoms with van der Waals surface area (Å²) in [5.41, 5.74) is 3.28. The molecule has 1 unspecified atom stereocenters. The number of likely N-dealkylation sites (tertiary alicyclic amines) is 1. The molecule has 4 rings (SSSR count). The zero-order chi connectivity index (χ0) is 18.8. The highest BCUT2D eigenvalue weighted by Crippen LogP contribution is 2.28. The maximum Gasteiger partial charge on any atom is 0.256 e. The molecule has 1 aromatic carbocycles. The second-order valence-corrected chi connectivity index (χ2v) is 7.93. The van der Waals surface area contributed by atoms with Gasteiger partial charge in [0.1, 0.15) is 0 Å². The Labute approximate surface area is 167 Å². The van der Waals surface area contributed by atoms with E-state index in [0.717, 1.165) is 47.2 Å². The van der Waals surface area contributed by atoms with E-state index >= 15 is 0 Å². The number of carbonyl (C=O) groups excluding carboxylic acids is 1. The van der Waals surface area contributed by atoms with Gasteiger partial charge in [-0.05, 0) is 50.5 Å². The Morgan fingerprint density at radius 3 is 2.74 bits per heavy atom. The summed E-state index contributed by atoms with van der Waals surface area (Å²) in [6, 6.07) is 11.8. The van der Waals surface area contributed by atoms with E-state index in [0.29, 0.717) is 18.8 Å². The molecule has 2 aliphatic rings. The fourth-order valence-electron chi connectivity index (χ4n) is 3.84. The van der Waals surface area contributed by atoms with Crippen LogP contribution in [0.15, 0.2) is 40.9 Å². The standard InChI is InChI=1S/C21H23BrN2O3/c1-14-17(8-9-18(23-14)15-5-4-6-16(22)13-15)20(25)24-10-3-2-7-19(24)21-26-11-12-27-21/h4-6,8-9,13,19,21H,2-3,7,10-12H2,1H3. The maximum absolute atomic E-state index is 13.3. The van der Waals surface area contributed by atoms with Crippen LogP contribution in [0.25, 0.3) is 11.3 Å². The van der Waals surface area contributed by atoms with E-state index in [1.807, 2.05) is 48.2 Å². The van der Waals surface area contributed by atoms with Gasteiger partial charge in [0, 0.05) is 16.6 Å². The second kappa shape index (κ2) is 8.09. The second-order valence-electron chi connectivity index (χ2n) is 7.01. The highest BCUT2D eigenvalue weighted by atomic mass is 79.9. The van der Waals surface area contributed by atoms with Gasteiger partial charge >= 0.3 is 0 Å². The average Bonchev–Trinajstić information content (AvgIpc) is 3.22. The molecule has 2 saturated heterocycles. The van der Waals surface area contributed by atoms with Crippen LogP contribution >= 0.6 is 15.9 Å². The van der Waals surface area contributed by atoms with E-state index in [9.17, 15) is 4.79 Å². The smallest absolute Gasteiger partial charge is 0.256 e. The van der Waals surface area contributed by atoms with Gasteiger partial charge in [-0.3, -0.25) is 9.78 Å². The Bertz CT molecular complexity index is 836. The van der Waals surface area contributed by atoms with Crippen molar-refractivity contribution in [3.05, 3.63) is 52.1 Å². The summed E-state index contributed by atoms with van der Waals surface area (Å²) in [5, 5.41) is 0. The van der Waals surface area contributed by atoms with Gasteiger partial charge in [-0.2, -0.15) is 0 Å². The van der Waals surface area contributed by atoms with Crippen molar-refractivity contribution >= 4 is 21.8 Å². The Kier molecular flexibility index (Phi) is 5.57. The van der Waals surface area contributed by atoms with Gasteiger partial charge in [-0.25, -0.2) is 0 Å². The number of halogens is 1. The number of pyridine rings is 1. The van der Waals surface area contributed by atoms with E-state index in [-0.39, 0.29) is 18.2 Å². The lowest BCUT2D eigenvalue weighted by Gasteiger charge is -2.38. The third kappa shape index (κ3) is 3.93. The van der Waals surface area contributed by atoms with Crippen LogP contribution in [0.3, 0.4) is 0 Å². The minimum Gasteiger partial charge on any atom is -0.348 e. The molecule has 0 aliphatic carbocycles. The van der Waals surface area contributed by atoms with Gasteiger partial charge in [-0.15, -0.1) is 0 Å². The lowest BCUT2D eigenvalue weighted by Crippen LogP contribution is -2.50. The lowest BCUT2D eigenvalue weighted by atomic mass is 9.99. The number of hydrogen-bond acceptors (Lipinski definition) is 4. The molecule has 3 heterocycles. The number of ether oxygens (including phenoxy) is 2. The summed E-state index contributed by atoms with van der Waals surface area (Å²) < 4.78 is 12.4. The first-order valence-electron chi connectivity index (χ1n) is 9.41. The first-order chi connectivity index (χ1) is 13.1. The van der Waals surface area contributed by atoms with E-state index < -0.39 is 0 Å². The van der Waals surface area contributed by atoms with Gasteiger partial charge < -0.3 is 14.4 Å². The van der Waals surface area contributed by atoms with Crippen molar-refractivity contribution in [2.24, 2.45) is 0 Å². The number of aromatic nitrogens is 1. The molecule has 0 saturated carbocycles. The van der Waals surface area contributed by atoms with Crippen LogP contribution < -0.4 is 0 Å². The number of benzene rings is 1. The Hall–Kier alpha value is -1.76. The SMILES string of the molecule is Cc1nc(-c2cccc(Br)c2)ccc1C(=O)N1CCCCC1C1OCCO1. The number of hydrogen-bond donors (Lipinski definition) is 0. The van der Waals surface area contributed by atoms with Gasteiger partial charge in [0.15, 0.2) is 6.29 Å². The zero-order valence-corrected chi connectivity index (χ0v) is 16.9. The molecule has 2 fully saturated rings. The topological polar surface area (TPSA) is 51.7 Å². The fourth-order valence-corrected chi connectivity index (χ4v) is 4.24. The van der Waals surface area contributed by atoms with E-state index in [1.165, 1.54) is 0 Å². The monoisotopic (exact) mass is 430 g/mol. The number of rotatable bonds is 3. The molecule has 1 amide bonds. The summed E-state index contributed by atoms with van der Waals surface area (Å²) in [4.78, 5) is 19.9. The molecule has 0 N–H and O–H groups in total. The minimum absolute atomic E-state index is 0.0158. The number of carbonyl (C=O) groups is 1. The molecular weight excluding hydrogens is 408 g/mol. The molecule has 6 heteroatoms. The van der Waals surface area contributed by atoms with Crippen molar-refractivity contribution in [2.45, 2.75) is 38.5 Å². The van der Waals surface area contributed by atoms with Gasteiger partial charge in [0.25, 0.3) is 5.91 Å². The molecule has 5 nitrogen and oxygen atoms in total. The Balaban J connectivity index is 1.59. The van der Waals surface area contributed by atoms with E-state index in [2.05, 4.69) is 15.9 Å². The molecule has 0 spiro atoms. The van der Waals surface area contributed by atoms with Gasteiger partial charge in [-0.1, -0.05) is 28.1 Å². The van der Waals surface area contributed by atoms with Crippen molar-refractivity contribution in [2.75, 3.05) is 19.8 Å². The first kappa shape index (κ1) is 18.6. The molecular formula is C21H23BrN2O3. The van der Waals surface area contributed by atoms with Crippen LogP contribution in [0, 0.1) is 6.92 Å². The number of amides is 1. The Morgan fingerprint density at radius 2 is 2.00 bits per heavy atom. The molecule has 0 bridgehead atoms. The summed E-state index contributed by atoms with van der Waals surface area (Å²) in [7, 11) is 0. The number of nitrogens with zero attached hydrogens (tertiary/aromatic N) is 2. The van der Waals surface area contributed by atoms with Crippen LogP contribution in [-0.2, 0) is 9.47 Å². The highest BCUT2D eigenvalue weighted by molar-refractivity contribution is 9.10. The van der Waals surface area contributed by atoms with Gasteiger partial charge in [0.05, 0.1) is 36.2 Å². The third-order valence-corrected chi connectivity index (χ3v) is 5.70. The predicted molar refractivity (Wildman–Crippen MR) is 106 cm³/mol. The van der Waals surface area contributed by atoms with Crippen LogP contribution in [0.2, 0.25) is 0 Å². The van der Waals surface area contributed by atoms with Crippen molar-refractivity contribution < 1.29 is 14.3 Å². The molecule has 27 heavy (non-hydrogen) atoms. The lowest BCUT2D eigenvalue weighted by molar-refractivity contribution is -0.100. The van der Waals surface area contributed by atoms with E-state index in [1.54, 1.807) is 0 Å². The first-order valence-corrected chi connectivity index (χ1v) is 10.2. The van der Waals surface area contributed by atoms with Crippen molar-refractivity contribution in [1.29, 1.82) is 0 Å². The largest absolute Gasteiger partial charge is 0.348 e. The summed E-state index contributed by atoms with van der Waals surface area (Å²) in [6.45, 7) is 3.84. The average molecular weight is 431 g/mol. The molecule has 142 valence electrons. The summed E-state index contributed by atoms with van der Waals surface area (Å²) >= 11 is 3.49. The number of piperidine rings is 1. The van der Waals surface area contributed by atoms with Crippen molar-refractivity contribution in [3.63, 3.8) is 0 Å². The molecule has 1 aromatic heterocycles. The third-order valence-electron chi connectivity index (χ3n) is 5.21. The normalized spacial score (nSPS) is 20.8. The van der Waals surface area contributed by atoms with Crippen LogP contribution in [0.4, 0.5) is 0 Å². The molecule has 2 aliphatic heterocycles. The van der Waals surface area contributed by atoms with Crippen LogP contribution in [0.5, 0.6) is 0 Å². The Morgan fingerprint density at radius 1 is 1.19 bits per heavy atom. The summed E-state index contributed by atoms with van der Waals surface area (Å²) in [6.07, 6.45) is 2.72. The quantitative estimate of drug-likeness (QED) is 0.732. The predicted octanol–water partition coefficient (Wildman–Crippen LogP) is 4.19. The van der Waals surface area contributed by atoms with Crippen LogP contribution in [-0.4, -0.2) is 47.9 Å². The van der Waals surface area contributed by atoms with E-state index in [4.69, 9.17) is 14.5 Å². The van der Waals surface area contributed by atoms with Crippen molar-refractivity contribution in [3.8, 4) is 11.3 Å². The number of aryl methyl sites for hydroxylation is 1. The van der Waals surface area contributed by atoms with Crippen LogP contribution in [0.1, 0.15) is 35.3 Å². The van der Waals surface area contributed by atoms with Gasteiger partial charge in [0.2, 0.25) is 0 Å². The van der Waals surface area contributed by atoms with Crippen molar-refractivity contribution in [1.82, 2.24) is 9.88 Å².